The second-order valence-electron chi connectivity index (χ2n) is 7.31. The van der Waals surface area contributed by atoms with E-state index in [1.54, 1.807) is 12.1 Å². The summed E-state index contributed by atoms with van der Waals surface area (Å²) in [5.41, 5.74) is 5.42. The number of hydrogen-bond acceptors (Lipinski definition) is 2. The first-order valence-corrected chi connectivity index (χ1v) is 10.1. The quantitative estimate of drug-likeness (QED) is 0.627. The topological polar surface area (TPSA) is 32.3 Å². The van der Waals surface area contributed by atoms with E-state index in [0.717, 1.165) is 29.8 Å². The number of rotatable bonds is 5. The predicted octanol–water partition coefficient (Wildman–Crippen LogP) is 5.22. The molecule has 0 fully saturated rings. The molecule has 1 aliphatic rings. The van der Waals surface area contributed by atoms with Crippen LogP contribution in [0.5, 0.6) is 0 Å². The van der Waals surface area contributed by atoms with Crippen LogP contribution in [0.4, 0.5) is 10.1 Å². The molecule has 0 radical (unpaired) electrons. The lowest BCUT2D eigenvalue weighted by atomic mass is 9.99. The maximum Gasteiger partial charge on any atom is 0.227 e. The molecule has 148 valence electrons. The van der Waals surface area contributed by atoms with E-state index in [1.165, 1.54) is 17.2 Å². The van der Waals surface area contributed by atoms with Crippen molar-refractivity contribution >= 4 is 23.2 Å². The molecule has 0 atom stereocenters. The molecular formula is C24H22ClFN2O. The highest BCUT2D eigenvalue weighted by atomic mass is 35.5. The van der Waals surface area contributed by atoms with Crippen molar-refractivity contribution in [2.75, 3.05) is 11.9 Å². The van der Waals surface area contributed by atoms with Gasteiger partial charge in [-0.1, -0.05) is 54.1 Å². The zero-order valence-corrected chi connectivity index (χ0v) is 16.8. The molecule has 0 aromatic heterocycles. The lowest BCUT2D eigenvalue weighted by Crippen LogP contribution is -2.36. The fraction of sp³-hybridized carbons (Fsp3) is 0.208. The van der Waals surface area contributed by atoms with E-state index in [2.05, 4.69) is 23.5 Å². The molecule has 3 nitrogen and oxygen atoms in total. The van der Waals surface area contributed by atoms with Gasteiger partial charge in [-0.3, -0.25) is 4.79 Å². The summed E-state index contributed by atoms with van der Waals surface area (Å²) in [6.45, 7) is 2.01. The lowest BCUT2D eigenvalue weighted by Gasteiger charge is -2.29. The van der Waals surface area contributed by atoms with Crippen LogP contribution in [-0.4, -0.2) is 17.4 Å². The summed E-state index contributed by atoms with van der Waals surface area (Å²) in [4.78, 5) is 14.6. The third-order valence-corrected chi connectivity index (χ3v) is 5.56. The maximum absolute atomic E-state index is 13.2. The molecule has 0 saturated heterocycles. The summed E-state index contributed by atoms with van der Waals surface area (Å²) in [5, 5.41) is 3.41. The third-order valence-electron chi connectivity index (χ3n) is 5.27. The van der Waals surface area contributed by atoms with E-state index >= 15 is 0 Å². The van der Waals surface area contributed by atoms with Crippen molar-refractivity contribution in [3.63, 3.8) is 0 Å². The van der Waals surface area contributed by atoms with Gasteiger partial charge < -0.3 is 10.2 Å². The Morgan fingerprint density at radius 2 is 1.72 bits per heavy atom. The first-order chi connectivity index (χ1) is 14.1. The molecule has 0 aliphatic carbocycles. The SMILES string of the molecule is O=C(Cc1ccc(NCc2ccc(F)c(Cl)c2)cc1)N1CCc2ccccc2C1. The number of hydrogen-bond donors (Lipinski definition) is 1. The number of amides is 1. The van der Waals surface area contributed by atoms with Crippen LogP contribution in [0.2, 0.25) is 5.02 Å². The summed E-state index contributed by atoms with van der Waals surface area (Å²) in [5.74, 6) is -0.261. The Hall–Kier alpha value is -2.85. The highest BCUT2D eigenvalue weighted by molar-refractivity contribution is 6.30. The van der Waals surface area contributed by atoms with Crippen LogP contribution in [0, 0.1) is 5.82 Å². The molecule has 0 saturated carbocycles. The van der Waals surface area contributed by atoms with Crippen molar-refractivity contribution in [1.29, 1.82) is 0 Å². The van der Waals surface area contributed by atoms with Crippen molar-refractivity contribution in [1.82, 2.24) is 4.90 Å². The molecule has 29 heavy (non-hydrogen) atoms. The van der Waals surface area contributed by atoms with E-state index in [-0.39, 0.29) is 10.9 Å². The molecule has 0 bridgehead atoms. The number of nitrogens with one attached hydrogen (secondary N) is 1. The second-order valence-corrected chi connectivity index (χ2v) is 7.72. The number of fused-ring (bicyclic) bond motifs is 1. The van der Waals surface area contributed by atoms with Gasteiger partial charge in [-0.2, -0.15) is 0 Å². The highest BCUT2D eigenvalue weighted by Gasteiger charge is 2.20. The molecule has 1 N–H and O–H groups in total. The van der Waals surface area contributed by atoms with Crippen LogP contribution in [0.25, 0.3) is 0 Å². The molecule has 0 spiro atoms. The summed E-state index contributed by atoms with van der Waals surface area (Å²) in [6.07, 6.45) is 1.31. The van der Waals surface area contributed by atoms with Crippen molar-refractivity contribution < 1.29 is 9.18 Å². The monoisotopic (exact) mass is 408 g/mol. The minimum atomic E-state index is -0.415. The third kappa shape index (κ3) is 4.77. The van der Waals surface area contributed by atoms with Crippen LogP contribution in [0.1, 0.15) is 22.3 Å². The number of carbonyl (C=O) groups is 1. The van der Waals surface area contributed by atoms with Crippen molar-refractivity contribution in [3.05, 3.63) is 99.8 Å². The molecule has 3 aromatic rings. The van der Waals surface area contributed by atoms with Crippen molar-refractivity contribution in [3.8, 4) is 0 Å². The number of benzene rings is 3. The number of anilines is 1. The Labute approximate surface area is 175 Å². The fourth-order valence-electron chi connectivity index (χ4n) is 3.59. The number of nitrogens with zero attached hydrogens (tertiary/aromatic N) is 1. The Balaban J connectivity index is 1.32. The normalized spacial score (nSPS) is 13.1. The summed E-state index contributed by atoms with van der Waals surface area (Å²) in [7, 11) is 0. The van der Waals surface area contributed by atoms with Gasteiger partial charge in [0.2, 0.25) is 5.91 Å². The highest BCUT2D eigenvalue weighted by Crippen LogP contribution is 2.20. The Morgan fingerprint density at radius 1 is 1.00 bits per heavy atom. The van der Waals surface area contributed by atoms with Crippen LogP contribution in [0.3, 0.4) is 0 Å². The fourth-order valence-corrected chi connectivity index (χ4v) is 3.79. The summed E-state index contributed by atoms with van der Waals surface area (Å²) in [6, 6.07) is 20.9. The molecule has 5 heteroatoms. The van der Waals surface area contributed by atoms with Crippen LogP contribution >= 0.6 is 11.6 Å². The molecule has 4 rings (SSSR count). The maximum atomic E-state index is 13.2. The minimum Gasteiger partial charge on any atom is -0.381 e. The van der Waals surface area contributed by atoms with Crippen LogP contribution < -0.4 is 5.32 Å². The van der Waals surface area contributed by atoms with Gasteiger partial charge in [0.25, 0.3) is 0 Å². The molecule has 1 amide bonds. The standard InChI is InChI=1S/C24H22ClFN2O/c25-22-13-18(7-10-23(22)26)15-27-21-8-5-17(6-9-21)14-24(29)28-12-11-19-3-1-2-4-20(19)16-28/h1-10,13,27H,11-12,14-16H2. The van der Waals surface area contributed by atoms with E-state index in [1.807, 2.05) is 35.2 Å². The summed E-state index contributed by atoms with van der Waals surface area (Å²) < 4.78 is 13.2. The largest absolute Gasteiger partial charge is 0.381 e. The van der Waals surface area contributed by atoms with Gasteiger partial charge in [0.15, 0.2) is 0 Å². The van der Waals surface area contributed by atoms with E-state index in [9.17, 15) is 9.18 Å². The molecule has 0 unspecified atom stereocenters. The van der Waals surface area contributed by atoms with Gasteiger partial charge in [-0.05, 0) is 52.9 Å². The van der Waals surface area contributed by atoms with Gasteiger partial charge in [-0.25, -0.2) is 4.39 Å². The minimum absolute atomic E-state index is 0.124. The summed E-state index contributed by atoms with van der Waals surface area (Å²) >= 11 is 5.82. The first-order valence-electron chi connectivity index (χ1n) is 9.70. The first kappa shape index (κ1) is 19.5. The van der Waals surface area contributed by atoms with Gasteiger partial charge in [0, 0.05) is 25.3 Å². The molecule has 1 aliphatic heterocycles. The predicted molar refractivity (Wildman–Crippen MR) is 114 cm³/mol. The van der Waals surface area contributed by atoms with Gasteiger partial charge >= 0.3 is 0 Å². The second kappa shape index (κ2) is 8.66. The van der Waals surface area contributed by atoms with E-state index in [0.29, 0.717) is 19.5 Å². The Kier molecular flexibility index (Phi) is 5.81. The number of halogens is 2. The zero-order valence-electron chi connectivity index (χ0n) is 16.0. The Bertz CT molecular complexity index is 1020. The van der Waals surface area contributed by atoms with Gasteiger partial charge in [-0.15, -0.1) is 0 Å². The average molecular weight is 409 g/mol. The van der Waals surface area contributed by atoms with Crippen LogP contribution in [0.15, 0.2) is 66.7 Å². The van der Waals surface area contributed by atoms with Gasteiger partial charge in [0.05, 0.1) is 11.4 Å². The van der Waals surface area contributed by atoms with Crippen LogP contribution in [-0.2, 0) is 30.7 Å². The lowest BCUT2D eigenvalue weighted by molar-refractivity contribution is -0.131. The van der Waals surface area contributed by atoms with Gasteiger partial charge in [0.1, 0.15) is 5.82 Å². The average Bonchev–Trinajstić information content (AvgIpc) is 2.75. The Morgan fingerprint density at radius 3 is 2.48 bits per heavy atom. The molecule has 3 aromatic carbocycles. The smallest absolute Gasteiger partial charge is 0.227 e. The van der Waals surface area contributed by atoms with E-state index in [4.69, 9.17) is 11.6 Å². The van der Waals surface area contributed by atoms with Crippen molar-refractivity contribution in [2.24, 2.45) is 0 Å². The molecule has 1 heterocycles. The molecular weight excluding hydrogens is 387 g/mol. The van der Waals surface area contributed by atoms with Crippen molar-refractivity contribution in [2.45, 2.75) is 25.9 Å². The van der Waals surface area contributed by atoms with E-state index < -0.39 is 5.82 Å². The zero-order chi connectivity index (χ0) is 20.2. The number of carbonyl (C=O) groups excluding carboxylic acids is 1.